The van der Waals surface area contributed by atoms with Crippen LogP contribution in [0.3, 0.4) is 0 Å². The molecule has 8 nitrogen and oxygen atoms in total. The third kappa shape index (κ3) is 3.52. The minimum Gasteiger partial charge on any atom is -0.478 e. The fraction of sp³-hybridized carbons (Fsp3) is 0.188. The topological polar surface area (TPSA) is 122 Å². The molecule has 2 heterocycles. The summed E-state index contributed by atoms with van der Waals surface area (Å²) in [5, 5.41) is 13.4. The standard InChI is InChI=1S/C16H15N3O5S/c1-2-14-13-7-12(9-17-15(13)24-19-14)25(22,23)18-8-10-4-3-5-11(6-10)16(20)21/h3-7,9,18H,2,8H2,1H3,(H,20,21). The van der Waals surface area contributed by atoms with E-state index in [1.54, 1.807) is 12.1 Å². The molecule has 2 N–H and O–H groups in total. The second-order valence-electron chi connectivity index (χ2n) is 5.34. The molecule has 3 aromatic rings. The normalized spacial score (nSPS) is 11.7. The fourth-order valence-electron chi connectivity index (χ4n) is 2.34. The maximum atomic E-state index is 12.5. The maximum absolute atomic E-state index is 12.5. The molecule has 9 heteroatoms. The second-order valence-corrected chi connectivity index (χ2v) is 7.10. The van der Waals surface area contributed by atoms with Gasteiger partial charge in [-0.1, -0.05) is 24.2 Å². The van der Waals surface area contributed by atoms with Gasteiger partial charge in [0.05, 0.1) is 22.8 Å². The quantitative estimate of drug-likeness (QED) is 0.688. The van der Waals surface area contributed by atoms with E-state index in [0.29, 0.717) is 23.1 Å². The summed E-state index contributed by atoms with van der Waals surface area (Å²) < 4.78 is 32.4. The Morgan fingerprint density at radius 2 is 2.12 bits per heavy atom. The highest BCUT2D eigenvalue weighted by Crippen LogP contribution is 2.20. The van der Waals surface area contributed by atoms with Gasteiger partial charge in [-0.25, -0.2) is 22.9 Å². The van der Waals surface area contributed by atoms with Crippen LogP contribution in [0.1, 0.15) is 28.5 Å². The van der Waals surface area contributed by atoms with Crippen molar-refractivity contribution >= 4 is 27.1 Å². The summed E-state index contributed by atoms with van der Waals surface area (Å²) in [6.45, 7) is 1.85. The summed E-state index contributed by atoms with van der Waals surface area (Å²) >= 11 is 0. The number of aromatic nitrogens is 2. The molecule has 0 bridgehead atoms. The van der Waals surface area contributed by atoms with E-state index in [-0.39, 0.29) is 22.7 Å². The average Bonchev–Trinajstić information content (AvgIpc) is 3.02. The molecule has 1 aromatic carbocycles. The Bertz CT molecular complexity index is 1040. The zero-order valence-electron chi connectivity index (χ0n) is 13.3. The van der Waals surface area contributed by atoms with E-state index in [2.05, 4.69) is 14.9 Å². The van der Waals surface area contributed by atoms with Gasteiger partial charge in [-0.3, -0.25) is 0 Å². The van der Waals surface area contributed by atoms with Crippen molar-refractivity contribution in [2.45, 2.75) is 24.8 Å². The maximum Gasteiger partial charge on any atom is 0.335 e. The smallest absolute Gasteiger partial charge is 0.335 e. The van der Waals surface area contributed by atoms with Gasteiger partial charge < -0.3 is 9.63 Å². The largest absolute Gasteiger partial charge is 0.478 e. The number of carbonyl (C=O) groups is 1. The highest BCUT2D eigenvalue weighted by molar-refractivity contribution is 7.89. The minimum absolute atomic E-state index is 0.00714. The van der Waals surface area contributed by atoms with E-state index in [1.807, 2.05) is 6.92 Å². The Hall–Kier alpha value is -2.78. The van der Waals surface area contributed by atoms with Crippen LogP contribution in [0.2, 0.25) is 0 Å². The zero-order chi connectivity index (χ0) is 18.0. The lowest BCUT2D eigenvalue weighted by atomic mass is 10.1. The van der Waals surface area contributed by atoms with Gasteiger partial charge in [0.1, 0.15) is 4.90 Å². The van der Waals surface area contributed by atoms with Gasteiger partial charge in [0.25, 0.3) is 5.71 Å². The molecular weight excluding hydrogens is 346 g/mol. The first-order valence-electron chi connectivity index (χ1n) is 7.47. The lowest BCUT2D eigenvalue weighted by Crippen LogP contribution is -2.23. The van der Waals surface area contributed by atoms with Crippen molar-refractivity contribution in [2.24, 2.45) is 0 Å². The Kier molecular flexibility index (Phi) is 4.51. The summed E-state index contributed by atoms with van der Waals surface area (Å²) in [6.07, 6.45) is 1.79. The van der Waals surface area contributed by atoms with Crippen molar-refractivity contribution in [1.82, 2.24) is 14.9 Å². The Balaban J connectivity index is 1.84. The number of nitrogens with zero attached hydrogens (tertiary/aromatic N) is 2. The molecule has 0 aliphatic carbocycles. The van der Waals surface area contributed by atoms with Gasteiger partial charge >= 0.3 is 5.97 Å². The number of aryl methyl sites for hydroxylation is 1. The number of carboxylic acids is 1. The molecule has 0 aliphatic heterocycles. The van der Waals surface area contributed by atoms with E-state index in [4.69, 9.17) is 9.63 Å². The Morgan fingerprint density at radius 3 is 2.84 bits per heavy atom. The highest BCUT2D eigenvalue weighted by Gasteiger charge is 2.18. The summed E-state index contributed by atoms with van der Waals surface area (Å²) in [5.74, 6) is -1.07. The number of fused-ring (bicyclic) bond motifs is 1. The molecule has 0 aliphatic rings. The number of benzene rings is 1. The van der Waals surface area contributed by atoms with Crippen molar-refractivity contribution < 1.29 is 22.8 Å². The van der Waals surface area contributed by atoms with Crippen LogP contribution in [-0.4, -0.2) is 29.6 Å². The fourth-order valence-corrected chi connectivity index (χ4v) is 3.33. The summed E-state index contributed by atoms with van der Waals surface area (Å²) in [5.41, 5.74) is 1.55. The Morgan fingerprint density at radius 1 is 1.32 bits per heavy atom. The van der Waals surface area contributed by atoms with Gasteiger partial charge in [-0.15, -0.1) is 0 Å². The van der Waals surface area contributed by atoms with Crippen LogP contribution >= 0.6 is 0 Å². The number of rotatable bonds is 6. The van der Waals surface area contributed by atoms with E-state index >= 15 is 0 Å². The molecule has 0 saturated carbocycles. The Labute approximate surface area is 143 Å². The second kappa shape index (κ2) is 6.61. The monoisotopic (exact) mass is 361 g/mol. The van der Waals surface area contributed by atoms with Gasteiger partial charge in [-0.05, 0) is 30.2 Å². The summed E-state index contributed by atoms with van der Waals surface area (Å²) in [4.78, 5) is 14.9. The predicted octanol–water partition coefficient (Wildman–Crippen LogP) is 1.96. The van der Waals surface area contributed by atoms with E-state index in [1.165, 1.54) is 24.4 Å². The van der Waals surface area contributed by atoms with Crippen LogP contribution in [0.15, 0.2) is 45.9 Å². The molecule has 2 aromatic heterocycles. The molecule has 0 fully saturated rings. The molecule has 0 saturated heterocycles. The van der Waals surface area contributed by atoms with Crippen molar-refractivity contribution in [1.29, 1.82) is 0 Å². The van der Waals surface area contributed by atoms with E-state index in [0.717, 1.165) is 0 Å². The number of hydrogen-bond acceptors (Lipinski definition) is 6. The average molecular weight is 361 g/mol. The van der Waals surface area contributed by atoms with Gasteiger partial charge in [-0.2, -0.15) is 0 Å². The molecule has 3 rings (SSSR count). The number of nitrogens with one attached hydrogen (secondary N) is 1. The molecule has 25 heavy (non-hydrogen) atoms. The van der Waals surface area contributed by atoms with Gasteiger partial charge in [0.15, 0.2) is 0 Å². The summed E-state index contributed by atoms with van der Waals surface area (Å²) in [7, 11) is -3.82. The first kappa shape index (κ1) is 17.1. The van der Waals surface area contributed by atoms with E-state index < -0.39 is 16.0 Å². The van der Waals surface area contributed by atoms with Crippen LogP contribution in [0.5, 0.6) is 0 Å². The third-order valence-corrected chi connectivity index (χ3v) is 5.03. The van der Waals surface area contributed by atoms with Crippen molar-refractivity contribution in [3.8, 4) is 0 Å². The van der Waals surface area contributed by atoms with Crippen LogP contribution < -0.4 is 4.72 Å². The third-order valence-electron chi connectivity index (χ3n) is 3.66. The van der Waals surface area contributed by atoms with E-state index in [9.17, 15) is 13.2 Å². The van der Waals surface area contributed by atoms with Crippen LogP contribution in [0, 0.1) is 0 Å². The molecule has 0 unspecified atom stereocenters. The first-order chi connectivity index (χ1) is 11.9. The number of carboxylic acid groups (broad SMARTS) is 1. The lowest BCUT2D eigenvalue weighted by molar-refractivity contribution is 0.0696. The minimum atomic E-state index is -3.82. The first-order valence-corrected chi connectivity index (χ1v) is 8.95. The molecule has 0 spiro atoms. The number of hydrogen-bond donors (Lipinski definition) is 2. The van der Waals surface area contributed by atoms with Gasteiger partial charge in [0.2, 0.25) is 10.0 Å². The van der Waals surface area contributed by atoms with Crippen molar-refractivity contribution in [3.63, 3.8) is 0 Å². The number of pyridine rings is 1. The lowest BCUT2D eigenvalue weighted by Gasteiger charge is -2.07. The number of aromatic carboxylic acids is 1. The molecule has 0 atom stereocenters. The van der Waals surface area contributed by atoms with Gasteiger partial charge in [0, 0.05) is 6.54 Å². The van der Waals surface area contributed by atoms with Crippen LogP contribution in [0.4, 0.5) is 0 Å². The van der Waals surface area contributed by atoms with Crippen molar-refractivity contribution in [3.05, 3.63) is 53.3 Å². The van der Waals surface area contributed by atoms with Crippen LogP contribution in [-0.2, 0) is 23.0 Å². The van der Waals surface area contributed by atoms with Crippen molar-refractivity contribution in [2.75, 3.05) is 0 Å². The van der Waals surface area contributed by atoms with Crippen LogP contribution in [0.25, 0.3) is 11.1 Å². The highest BCUT2D eigenvalue weighted by atomic mass is 32.2. The molecule has 0 radical (unpaired) electrons. The predicted molar refractivity (Wildman–Crippen MR) is 88.6 cm³/mol. The molecular formula is C16H15N3O5S. The molecule has 130 valence electrons. The SMILES string of the molecule is CCc1noc2ncc(S(=O)(=O)NCc3cccc(C(=O)O)c3)cc12. The summed E-state index contributed by atoms with van der Waals surface area (Å²) in [6, 6.07) is 7.53. The number of sulfonamides is 1. The molecule has 0 amide bonds. The zero-order valence-corrected chi connectivity index (χ0v) is 14.1.